The lowest BCUT2D eigenvalue weighted by Crippen LogP contribution is -2.30. The minimum absolute atomic E-state index is 0.0179. The second-order valence-corrected chi connectivity index (χ2v) is 8.15. The van der Waals surface area contributed by atoms with Crippen molar-refractivity contribution in [3.63, 3.8) is 0 Å². The minimum atomic E-state index is -0.408. The number of esters is 1. The summed E-state index contributed by atoms with van der Waals surface area (Å²) in [7, 11) is 0. The van der Waals surface area contributed by atoms with Gasteiger partial charge in [-0.1, -0.05) is 52.8 Å². The van der Waals surface area contributed by atoms with Crippen LogP contribution in [0, 0.1) is 5.92 Å². The van der Waals surface area contributed by atoms with Crippen molar-refractivity contribution in [3.8, 4) is 5.75 Å². The zero-order valence-electron chi connectivity index (χ0n) is 15.9. The zero-order valence-corrected chi connectivity index (χ0v) is 15.9. The van der Waals surface area contributed by atoms with E-state index in [0.717, 1.165) is 0 Å². The molecule has 3 rings (SSSR count). The molecule has 2 aromatic rings. The highest BCUT2D eigenvalue weighted by atomic mass is 16.5. The first kappa shape index (κ1) is 18.2. The molecule has 0 aliphatic heterocycles. The maximum absolute atomic E-state index is 12.4. The van der Waals surface area contributed by atoms with Gasteiger partial charge in [0.15, 0.2) is 0 Å². The first-order valence-electron chi connectivity index (χ1n) is 8.86. The summed E-state index contributed by atoms with van der Waals surface area (Å²) in [5.41, 5.74) is 3.81. The number of carbonyl (C=O) groups is 1. The van der Waals surface area contributed by atoms with Crippen LogP contribution in [0.1, 0.15) is 61.7 Å². The number of hydrogen-bond donors (Lipinski definition) is 0. The SMILES string of the molecule is CC1C(C)(C)c2ccc(OC(=O)c3ccc(C=C=O)cc3)cc2C1(C)C. The van der Waals surface area contributed by atoms with Crippen LogP contribution in [0.15, 0.2) is 42.5 Å². The lowest BCUT2D eigenvalue weighted by atomic mass is 9.71. The van der Waals surface area contributed by atoms with Crippen LogP contribution in [-0.4, -0.2) is 11.9 Å². The normalized spacial score (nSPS) is 19.3. The lowest BCUT2D eigenvalue weighted by molar-refractivity contribution is 0.0734. The quantitative estimate of drug-likeness (QED) is 0.447. The van der Waals surface area contributed by atoms with E-state index in [0.29, 0.717) is 22.8 Å². The molecule has 1 aliphatic carbocycles. The highest BCUT2D eigenvalue weighted by Gasteiger charge is 2.48. The molecular formula is C23H24O3. The maximum atomic E-state index is 12.4. The van der Waals surface area contributed by atoms with Crippen molar-refractivity contribution in [3.05, 3.63) is 64.7 Å². The molecule has 0 heterocycles. The van der Waals surface area contributed by atoms with Gasteiger partial charge in [0.05, 0.1) is 5.56 Å². The summed E-state index contributed by atoms with van der Waals surface area (Å²) in [6.07, 6.45) is 1.32. The Morgan fingerprint density at radius 2 is 1.62 bits per heavy atom. The second kappa shape index (κ2) is 6.26. The third-order valence-corrected chi connectivity index (χ3v) is 6.13. The van der Waals surface area contributed by atoms with Crippen molar-refractivity contribution < 1.29 is 14.3 Å². The Hall–Kier alpha value is -2.64. The Labute approximate surface area is 154 Å². The fourth-order valence-corrected chi connectivity index (χ4v) is 4.00. The van der Waals surface area contributed by atoms with Gasteiger partial charge in [-0.25, -0.2) is 9.59 Å². The Bertz CT molecular complexity index is 898. The van der Waals surface area contributed by atoms with Gasteiger partial charge in [-0.2, -0.15) is 0 Å². The van der Waals surface area contributed by atoms with E-state index in [1.54, 1.807) is 30.2 Å². The van der Waals surface area contributed by atoms with E-state index in [2.05, 4.69) is 40.7 Å². The average Bonchev–Trinajstić information content (AvgIpc) is 2.74. The van der Waals surface area contributed by atoms with Crippen molar-refractivity contribution in [1.82, 2.24) is 0 Å². The Morgan fingerprint density at radius 3 is 2.23 bits per heavy atom. The zero-order chi connectivity index (χ0) is 19.1. The number of fused-ring (bicyclic) bond motifs is 1. The van der Waals surface area contributed by atoms with Gasteiger partial charge >= 0.3 is 5.97 Å². The molecule has 0 aromatic heterocycles. The van der Waals surface area contributed by atoms with Crippen LogP contribution in [0.5, 0.6) is 5.75 Å². The van der Waals surface area contributed by atoms with Crippen LogP contribution in [0.2, 0.25) is 0 Å². The molecule has 0 saturated carbocycles. The minimum Gasteiger partial charge on any atom is -0.423 e. The maximum Gasteiger partial charge on any atom is 0.343 e. The van der Waals surface area contributed by atoms with Crippen LogP contribution < -0.4 is 4.74 Å². The predicted octanol–water partition coefficient (Wildman–Crippen LogP) is 4.96. The van der Waals surface area contributed by atoms with Gasteiger partial charge in [0.2, 0.25) is 0 Å². The summed E-state index contributed by atoms with van der Waals surface area (Å²) in [6, 6.07) is 12.6. The molecule has 1 aliphatic rings. The summed E-state index contributed by atoms with van der Waals surface area (Å²) in [5.74, 6) is 2.36. The van der Waals surface area contributed by atoms with Crippen molar-refractivity contribution in [2.75, 3.05) is 0 Å². The molecule has 134 valence electrons. The van der Waals surface area contributed by atoms with Crippen molar-refractivity contribution in [2.45, 2.75) is 45.4 Å². The van der Waals surface area contributed by atoms with E-state index >= 15 is 0 Å². The summed E-state index contributed by atoms with van der Waals surface area (Å²) in [6.45, 7) is 11.3. The molecule has 0 spiro atoms. The van der Waals surface area contributed by atoms with E-state index in [-0.39, 0.29) is 10.8 Å². The topological polar surface area (TPSA) is 43.4 Å². The van der Waals surface area contributed by atoms with E-state index in [1.807, 2.05) is 12.1 Å². The van der Waals surface area contributed by atoms with E-state index in [1.165, 1.54) is 17.2 Å². The Kier molecular flexibility index (Phi) is 4.37. The fraction of sp³-hybridized carbons (Fsp3) is 0.348. The third kappa shape index (κ3) is 2.89. The fourth-order valence-electron chi connectivity index (χ4n) is 4.00. The van der Waals surface area contributed by atoms with Gasteiger partial charge in [-0.3, -0.25) is 0 Å². The van der Waals surface area contributed by atoms with Crippen molar-refractivity contribution >= 4 is 18.0 Å². The molecule has 0 saturated heterocycles. The van der Waals surface area contributed by atoms with Gasteiger partial charge in [0, 0.05) is 6.08 Å². The lowest BCUT2D eigenvalue weighted by Gasteiger charge is -2.32. The van der Waals surface area contributed by atoms with Crippen molar-refractivity contribution in [1.29, 1.82) is 0 Å². The molecular weight excluding hydrogens is 324 g/mol. The number of rotatable bonds is 3. The smallest absolute Gasteiger partial charge is 0.343 e. The van der Waals surface area contributed by atoms with Crippen LogP contribution >= 0.6 is 0 Å². The van der Waals surface area contributed by atoms with Gasteiger partial charge < -0.3 is 4.74 Å². The number of benzene rings is 2. The molecule has 1 atom stereocenters. The molecule has 2 aromatic carbocycles. The summed E-state index contributed by atoms with van der Waals surface area (Å²) in [4.78, 5) is 22.8. The average molecular weight is 348 g/mol. The molecule has 3 heteroatoms. The van der Waals surface area contributed by atoms with Crippen molar-refractivity contribution in [2.24, 2.45) is 5.92 Å². The van der Waals surface area contributed by atoms with Gasteiger partial charge in [-0.15, -0.1) is 0 Å². The van der Waals surface area contributed by atoms with Gasteiger partial charge in [-0.05, 0) is 57.7 Å². The first-order valence-corrected chi connectivity index (χ1v) is 8.86. The van der Waals surface area contributed by atoms with Crippen LogP contribution in [0.3, 0.4) is 0 Å². The second-order valence-electron chi connectivity index (χ2n) is 8.15. The molecule has 26 heavy (non-hydrogen) atoms. The number of hydrogen-bond acceptors (Lipinski definition) is 3. The molecule has 0 amide bonds. The molecule has 1 unspecified atom stereocenters. The highest BCUT2D eigenvalue weighted by molar-refractivity contribution is 5.91. The highest BCUT2D eigenvalue weighted by Crippen LogP contribution is 2.54. The standard InChI is InChI=1S/C23H24O3/c1-15-22(2,3)19-11-10-18(14-20(19)23(15,4)5)26-21(25)17-8-6-16(7-9-17)12-13-24/h6-12,14-15H,1-5H3. The summed E-state index contributed by atoms with van der Waals surface area (Å²) >= 11 is 0. The third-order valence-electron chi connectivity index (χ3n) is 6.13. The molecule has 0 radical (unpaired) electrons. The monoisotopic (exact) mass is 348 g/mol. The van der Waals surface area contributed by atoms with Crippen LogP contribution in [-0.2, 0) is 15.6 Å². The largest absolute Gasteiger partial charge is 0.423 e. The van der Waals surface area contributed by atoms with Gasteiger partial charge in [0.25, 0.3) is 0 Å². The van der Waals surface area contributed by atoms with Crippen LogP contribution in [0.4, 0.5) is 0 Å². The van der Waals surface area contributed by atoms with Gasteiger partial charge in [0.1, 0.15) is 11.7 Å². The Morgan fingerprint density at radius 1 is 1.00 bits per heavy atom. The van der Waals surface area contributed by atoms with E-state index in [4.69, 9.17) is 4.74 Å². The molecule has 0 N–H and O–H groups in total. The van der Waals surface area contributed by atoms with Crippen LogP contribution in [0.25, 0.3) is 6.08 Å². The Balaban J connectivity index is 1.87. The number of ether oxygens (including phenoxy) is 1. The predicted molar refractivity (Wildman–Crippen MR) is 103 cm³/mol. The molecule has 0 fully saturated rings. The summed E-state index contributed by atoms with van der Waals surface area (Å²) < 4.78 is 5.60. The summed E-state index contributed by atoms with van der Waals surface area (Å²) in [5, 5.41) is 0. The first-order chi connectivity index (χ1) is 12.2. The molecule has 0 bridgehead atoms. The number of carbonyl (C=O) groups excluding carboxylic acids is 2. The van der Waals surface area contributed by atoms with E-state index in [9.17, 15) is 9.59 Å². The van der Waals surface area contributed by atoms with E-state index < -0.39 is 5.97 Å². The molecule has 3 nitrogen and oxygen atoms in total.